The van der Waals surface area contributed by atoms with E-state index in [1.165, 1.54) is 0 Å². The fourth-order valence-electron chi connectivity index (χ4n) is 3.36. The molecule has 2 heterocycles. The maximum absolute atomic E-state index is 11.8. The SMILES string of the molecule is O=C(O)CCC1CCCCN1C1CCCS(=O)(=O)C1. The van der Waals surface area contributed by atoms with Crippen LogP contribution in [0, 0.1) is 0 Å². The first kappa shape index (κ1) is 14.8. The Labute approximate surface area is 114 Å². The fourth-order valence-corrected chi connectivity index (χ4v) is 5.08. The summed E-state index contributed by atoms with van der Waals surface area (Å²) >= 11 is 0. The minimum absolute atomic E-state index is 0.109. The number of rotatable bonds is 4. The summed E-state index contributed by atoms with van der Waals surface area (Å²) in [6.45, 7) is 0.921. The van der Waals surface area contributed by atoms with Crippen LogP contribution in [-0.2, 0) is 14.6 Å². The average Bonchev–Trinajstić information content (AvgIpc) is 2.35. The topological polar surface area (TPSA) is 74.7 Å². The number of nitrogens with zero attached hydrogens (tertiary/aromatic N) is 1. The van der Waals surface area contributed by atoms with E-state index in [-0.39, 0.29) is 24.3 Å². The predicted octanol–water partition coefficient (Wildman–Crippen LogP) is 1.28. The van der Waals surface area contributed by atoms with Crippen molar-refractivity contribution in [1.29, 1.82) is 0 Å². The second-order valence-corrected chi connectivity index (χ2v) is 7.96. The first-order valence-electron chi connectivity index (χ1n) is 7.16. The molecule has 2 saturated heterocycles. The van der Waals surface area contributed by atoms with E-state index in [1.807, 2.05) is 0 Å². The molecule has 0 saturated carbocycles. The second-order valence-electron chi connectivity index (χ2n) is 5.73. The van der Waals surface area contributed by atoms with Crippen LogP contribution in [-0.4, -0.2) is 54.5 Å². The highest BCUT2D eigenvalue weighted by Crippen LogP contribution is 2.27. The molecule has 0 bridgehead atoms. The zero-order chi connectivity index (χ0) is 13.9. The van der Waals surface area contributed by atoms with Gasteiger partial charge >= 0.3 is 5.97 Å². The number of hydrogen-bond donors (Lipinski definition) is 1. The first-order chi connectivity index (χ1) is 8.98. The third kappa shape index (κ3) is 4.18. The highest BCUT2D eigenvalue weighted by Gasteiger charge is 2.34. The molecule has 0 aliphatic carbocycles. The molecule has 2 aliphatic heterocycles. The van der Waals surface area contributed by atoms with Crippen molar-refractivity contribution in [3.05, 3.63) is 0 Å². The number of carboxylic acids is 1. The van der Waals surface area contributed by atoms with Gasteiger partial charge in [-0.05, 0) is 38.6 Å². The van der Waals surface area contributed by atoms with Crippen molar-refractivity contribution in [3.8, 4) is 0 Å². The molecule has 0 aromatic heterocycles. The molecule has 19 heavy (non-hydrogen) atoms. The quantitative estimate of drug-likeness (QED) is 0.844. The van der Waals surface area contributed by atoms with Crippen molar-refractivity contribution in [2.75, 3.05) is 18.1 Å². The number of hydrogen-bond acceptors (Lipinski definition) is 4. The number of carbonyl (C=O) groups is 1. The van der Waals surface area contributed by atoms with E-state index in [2.05, 4.69) is 4.90 Å². The van der Waals surface area contributed by atoms with Gasteiger partial charge in [0.25, 0.3) is 0 Å². The molecule has 2 atom stereocenters. The van der Waals surface area contributed by atoms with Gasteiger partial charge in [-0.3, -0.25) is 9.69 Å². The Bertz CT molecular complexity index is 420. The lowest BCUT2D eigenvalue weighted by Gasteiger charge is -2.42. The molecule has 110 valence electrons. The van der Waals surface area contributed by atoms with Crippen molar-refractivity contribution in [2.24, 2.45) is 0 Å². The monoisotopic (exact) mass is 289 g/mol. The minimum Gasteiger partial charge on any atom is -0.481 e. The number of likely N-dealkylation sites (tertiary alicyclic amines) is 1. The van der Waals surface area contributed by atoms with Gasteiger partial charge in [0.15, 0.2) is 9.84 Å². The molecule has 6 heteroatoms. The van der Waals surface area contributed by atoms with Crippen molar-refractivity contribution in [3.63, 3.8) is 0 Å². The van der Waals surface area contributed by atoms with E-state index < -0.39 is 15.8 Å². The van der Waals surface area contributed by atoms with Gasteiger partial charge < -0.3 is 5.11 Å². The van der Waals surface area contributed by atoms with Crippen LogP contribution in [0.15, 0.2) is 0 Å². The Hall–Kier alpha value is -0.620. The smallest absolute Gasteiger partial charge is 0.303 e. The summed E-state index contributed by atoms with van der Waals surface area (Å²) in [5.41, 5.74) is 0. The zero-order valence-electron chi connectivity index (χ0n) is 11.3. The second kappa shape index (κ2) is 6.22. The molecule has 5 nitrogen and oxygen atoms in total. The van der Waals surface area contributed by atoms with Crippen LogP contribution in [0.2, 0.25) is 0 Å². The molecule has 0 aromatic rings. The minimum atomic E-state index is -2.89. The molecular formula is C13H23NO4S. The number of sulfone groups is 1. The van der Waals surface area contributed by atoms with Gasteiger partial charge in [-0.15, -0.1) is 0 Å². The van der Waals surface area contributed by atoms with Crippen LogP contribution in [0.25, 0.3) is 0 Å². The van der Waals surface area contributed by atoms with Crippen LogP contribution >= 0.6 is 0 Å². The van der Waals surface area contributed by atoms with E-state index in [9.17, 15) is 13.2 Å². The Morgan fingerprint density at radius 3 is 2.68 bits per heavy atom. The van der Waals surface area contributed by atoms with Gasteiger partial charge in [-0.25, -0.2) is 8.42 Å². The van der Waals surface area contributed by atoms with Gasteiger partial charge in [0, 0.05) is 18.5 Å². The van der Waals surface area contributed by atoms with Crippen molar-refractivity contribution in [2.45, 2.75) is 57.0 Å². The number of piperidine rings is 1. The van der Waals surface area contributed by atoms with Crippen LogP contribution in [0.4, 0.5) is 0 Å². The van der Waals surface area contributed by atoms with E-state index in [4.69, 9.17) is 5.11 Å². The summed E-state index contributed by atoms with van der Waals surface area (Å²) in [6, 6.07) is 0.362. The molecule has 2 fully saturated rings. The number of aliphatic carboxylic acids is 1. The molecule has 2 aliphatic rings. The van der Waals surface area contributed by atoms with Crippen LogP contribution in [0.3, 0.4) is 0 Å². The van der Waals surface area contributed by atoms with Crippen LogP contribution in [0.1, 0.15) is 44.9 Å². The third-order valence-corrected chi connectivity index (χ3v) is 6.08. The van der Waals surface area contributed by atoms with Gasteiger partial charge in [0.05, 0.1) is 11.5 Å². The normalized spacial score (nSPS) is 32.0. The molecule has 2 unspecified atom stereocenters. The Morgan fingerprint density at radius 1 is 1.21 bits per heavy atom. The van der Waals surface area contributed by atoms with E-state index in [0.29, 0.717) is 12.2 Å². The molecule has 2 rings (SSSR count). The van der Waals surface area contributed by atoms with Gasteiger partial charge in [0.2, 0.25) is 0 Å². The molecular weight excluding hydrogens is 266 g/mol. The maximum atomic E-state index is 11.8. The van der Waals surface area contributed by atoms with Gasteiger partial charge in [0.1, 0.15) is 0 Å². The largest absolute Gasteiger partial charge is 0.481 e. The predicted molar refractivity (Wildman–Crippen MR) is 72.9 cm³/mol. The summed E-state index contributed by atoms with van der Waals surface area (Å²) in [5, 5.41) is 8.81. The Kier molecular flexibility index (Phi) is 4.84. The van der Waals surface area contributed by atoms with Crippen LogP contribution < -0.4 is 0 Å². The standard InChI is InChI=1S/C13H23NO4S/c15-13(16)7-6-11-4-1-2-8-14(11)12-5-3-9-19(17,18)10-12/h11-12H,1-10H2,(H,15,16). The highest BCUT2D eigenvalue weighted by molar-refractivity contribution is 7.91. The van der Waals surface area contributed by atoms with Crippen LogP contribution in [0.5, 0.6) is 0 Å². The molecule has 0 spiro atoms. The average molecular weight is 289 g/mol. The third-order valence-electron chi connectivity index (χ3n) is 4.27. The summed E-state index contributed by atoms with van der Waals surface area (Å²) in [5.74, 6) is -0.185. The highest BCUT2D eigenvalue weighted by atomic mass is 32.2. The summed E-state index contributed by atoms with van der Waals surface area (Å²) in [7, 11) is -2.89. The van der Waals surface area contributed by atoms with E-state index >= 15 is 0 Å². The number of carboxylic acid groups (broad SMARTS) is 1. The van der Waals surface area contributed by atoms with E-state index in [1.54, 1.807) is 0 Å². The first-order valence-corrected chi connectivity index (χ1v) is 8.98. The molecule has 1 N–H and O–H groups in total. The zero-order valence-corrected chi connectivity index (χ0v) is 12.1. The lowest BCUT2D eigenvalue weighted by molar-refractivity contribution is -0.137. The lowest BCUT2D eigenvalue weighted by Crippen LogP contribution is -2.51. The maximum Gasteiger partial charge on any atom is 0.303 e. The van der Waals surface area contributed by atoms with Crippen molar-refractivity contribution >= 4 is 15.8 Å². The summed E-state index contributed by atoms with van der Waals surface area (Å²) in [6.07, 6.45) is 5.73. The lowest BCUT2D eigenvalue weighted by atomic mass is 9.95. The van der Waals surface area contributed by atoms with Crippen molar-refractivity contribution in [1.82, 2.24) is 4.90 Å². The molecule has 0 amide bonds. The van der Waals surface area contributed by atoms with Gasteiger partial charge in [-0.2, -0.15) is 0 Å². The van der Waals surface area contributed by atoms with E-state index in [0.717, 1.165) is 38.6 Å². The fraction of sp³-hybridized carbons (Fsp3) is 0.923. The molecule has 0 aromatic carbocycles. The molecule has 0 radical (unpaired) electrons. The van der Waals surface area contributed by atoms with Crippen molar-refractivity contribution < 1.29 is 18.3 Å². The Morgan fingerprint density at radius 2 is 2.00 bits per heavy atom. The summed E-state index contributed by atoms with van der Waals surface area (Å²) in [4.78, 5) is 13.0. The van der Waals surface area contributed by atoms with Gasteiger partial charge in [-0.1, -0.05) is 6.42 Å². The Balaban J connectivity index is 2.00. The summed E-state index contributed by atoms with van der Waals surface area (Å²) < 4.78 is 23.5.